The van der Waals surface area contributed by atoms with E-state index in [1.165, 1.54) is 18.4 Å². The van der Waals surface area contributed by atoms with Gasteiger partial charge in [-0.1, -0.05) is 50.1 Å². The molecule has 34 heavy (non-hydrogen) atoms. The highest BCUT2D eigenvalue weighted by atomic mass is 16.5. The van der Waals surface area contributed by atoms with Crippen molar-refractivity contribution in [1.29, 1.82) is 0 Å². The van der Waals surface area contributed by atoms with Crippen molar-refractivity contribution < 1.29 is 23.9 Å². The van der Waals surface area contributed by atoms with Crippen LogP contribution in [-0.2, 0) is 20.7 Å². The van der Waals surface area contributed by atoms with Crippen LogP contribution in [0.5, 0.6) is 0 Å². The number of nitrogens with one attached hydrogen (secondary N) is 2. The first kappa shape index (κ1) is 25.1. The van der Waals surface area contributed by atoms with Crippen molar-refractivity contribution in [3.05, 3.63) is 65.2 Å². The van der Waals surface area contributed by atoms with E-state index in [1.54, 1.807) is 36.4 Å². The summed E-state index contributed by atoms with van der Waals surface area (Å²) >= 11 is 0. The van der Waals surface area contributed by atoms with Gasteiger partial charge in [-0.2, -0.15) is 0 Å². The van der Waals surface area contributed by atoms with Gasteiger partial charge in [0.25, 0.3) is 11.8 Å². The number of esters is 1. The van der Waals surface area contributed by atoms with Crippen LogP contribution in [0.3, 0.4) is 0 Å². The smallest absolute Gasteiger partial charge is 0.306 e. The summed E-state index contributed by atoms with van der Waals surface area (Å²) in [5.41, 5.74) is 2.66. The Balaban J connectivity index is 1.37. The molecular weight excluding hydrogens is 432 g/mol. The van der Waals surface area contributed by atoms with Crippen molar-refractivity contribution in [2.45, 2.75) is 64.3 Å². The monoisotopic (exact) mass is 464 g/mol. The number of Topliss-reactive ketones (excluding diaryl/α,β-unsaturated/α-hetero) is 1. The second kappa shape index (κ2) is 12.7. The number of hydrogen-bond acceptors (Lipinski definition) is 5. The Hall–Kier alpha value is -3.48. The van der Waals surface area contributed by atoms with E-state index in [0.29, 0.717) is 16.8 Å². The van der Waals surface area contributed by atoms with Gasteiger partial charge in [0.1, 0.15) is 0 Å². The predicted molar refractivity (Wildman–Crippen MR) is 130 cm³/mol. The van der Waals surface area contributed by atoms with Crippen LogP contribution in [-0.4, -0.2) is 36.2 Å². The van der Waals surface area contributed by atoms with Gasteiger partial charge in [-0.25, -0.2) is 0 Å². The molecule has 1 saturated carbocycles. The largest absolute Gasteiger partial charge is 0.456 e. The molecule has 1 aliphatic rings. The number of unbranched alkanes of at least 4 members (excludes halogenated alkanes) is 2. The van der Waals surface area contributed by atoms with Crippen LogP contribution in [0.15, 0.2) is 48.5 Å². The molecule has 2 aromatic rings. The molecular formula is C27H32N2O5. The van der Waals surface area contributed by atoms with Crippen LogP contribution in [0, 0.1) is 0 Å². The summed E-state index contributed by atoms with van der Waals surface area (Å²) in [5, 5.41) is 5.50. The van der Waals surface area contributed by atoms with E-state index in [-0.39, 0.29) is 30.6 Å². The van der Waals surface area contributed by atoms with Gasteiger partial charge >= 0.3 is 5.97 Å². The maximum Gasteiger partial charge on any atom is 0.306 e. The van der Waals surface area contributed by atoms with Crippen LogP contribution >= 0.6 is 0 Å². The van der Waals surface area contributed by atoms with E-state index in [4.69, 9.17) is 4.74 Å². The number of anilines is 1. The van der Waals surface area contributed by atoms with E-state index < -0.39 is 18.5 Å². The predicted octanol–water partition coefficient (Wildman–Crippen LogP) is 4.46. The number of benzene rings is 2. The molecule has 1 aliphatic carbocycles. The molecule has 0 heterocycles. The van der Waals surface area contributed by atoms with Crippen molar-refractivity contribution in [1.82, 2.24) is 5.32 Å². The fourth-order valence-electron chi connectivity index (χ4n) is 3.45. The second-order valence-electron chi connectivity index (χ2n) is 8.61. The molecule has 0 bridgehead atoms. The van der Waals surface area contributed by atoms with E-state index in [0.717, 1.165) is 25.7 Å². The maximum atomic E-state index is 12.3. The zero-order valence-electron chi connectivity index (χ0n) is 19.6. The van der Waals surface area contributed by atoms with Crippen molar-refractivity contribution in [3.8, 4) is 0 Å². The zero-order valence-corrected chi connectivity index (χ0v) is 19.6. The Kier molecular flexibility index (Phi) is 9.38. The van der Waals surface area contributed by atoms with Gasteiger partial charge in [0.15, 0.2) is 12.4 Å². The molecule has 7 heteroatoms. The number of ketones is 1. The fourth-order valence-corrected chi connectivity index (χ4v) is 3.45. The topological polar surface area (TPSA) is 102 Å². The first-order valence-corrected chi connectivity index (χ1v) is 11.9. The van der Waals surface area contributed by atoms with Gasteiger partial charge < -0.3 is 15.4 Å². The highest BCUT2D eigenvalue weighted by Crippen LogP contribution is 2.20. The Morgan fingerprint density at radius 2 is 1.71 bits per heavy atom. The zero-order chi connectivity index (χ0) is 24.3. The molecule has 2 amide bonds. The highest BCUT2D eigenvalue weighted by molar-refractivity contribution is 5.99. The molecule has 3 rings (SSSR count). The third-order valence-corrected chi connectivity index (χ3v) is 5.59. The number of carbonyl (C=O) groups excluding carboxylic acids is 4. The molecule has 0 saturated heterocycles. The summed E-state index contributed by atoms with van der Waals surface area (Å²) in [6.45, 7) is 1.70. The van der Waals surface area contributed by atoms with Gasteiger partial charge in [0.05, 0.1) is 6.42 Å². The first-order valence-electron chi connectivity index (χ1n) is 11.9. The Labute approximate surface area is 200 Å². The molecule has 2 aromatic carbocycles. The lowest BCUT2D eigenvalue weighted by Crippen LogP contribution is -2.25. The number of hydrogen-bond donors (Lipinski definition) is 2. The third kappa shape index (κ3) is 8.46. The lowest BCUT2D eigenvalue weighted by molar-refractivity contribution is -0.147. The van der Waals surface area contributed by atoms with Crippen molar-refractivity contribution in [2.24, 2.45) is 0 Å². The summed E-state index contributed by atoms with van der Waals surface area (Å²) < 4.78 is 4.99. The molecule has 0 spiro atoms. The second-order valence-corrected chi connectivity index (χ2v) is 8.61. The molecule has 0 unspecified atom stereocenters. The van der Waals surface area contributed by atoms with Crippen LogP contribution < -0.4 is 10.6 Å². The van der Waals surface area contributed by atoms with Gasteiger partial charge in [-0.3, -0.25) is 19.2 Å². The first-order chi connectivity index (χ1) is 16.4. The number of amides is 2. The van der Waals surface area contributed by atoms with Crippen LogP contribution in [0.2, 0.25) is 0 Å². The SMILES string of the molecule is CCCCCc1ccc(C(=O)CCC(=O)OCC(=O)Nc2cccc(C(=O)NC3CC3)c2)cc1. The number of carbonyl (C=O) groups is 4. The fraction of sp³-hybridized carbons (Fsp3) is 0.407. The summed E-state index contributed by atoms with van der Waals surface area (Å²) in [6.07, 6.45) is 6.38. The van der Waals surface area contributed by atoms with Gasteiger partial charge in [0, 0.05) is 29.3 Å². The summed E-state index contributed by atoms with van der Waals surface area (Å²) in [6, 6.07) is 14.3. The third-order valence-electron chi connectivity index (χ3n) is 5.59. The highest BCUT2D eigenvalue weighted by Gasteiger charge is 2.23. The van der Waals surface area contributed by atoms with E-state index in [9.17, 15) is 19.2 Å². The molecule has 0 radical (unpaired) electrons. The quantitative estimate of drug-likeness (QED) is 0.259. The Morgan fingerprint density at radius 1 is 0.941 bits per heavy atom. The molecule has 2 N–H and O–H groups in total. The molecule has 0 atom stereocenters. The van der Waals surface area contributed by atoms with Crippen molar-refractivity contribution in [3.63, 3.8) is 0 Å². The van der Waals surface area contributed by atoms with Gasteiger partial charge in [-0.05, 0) is 49.4 Å². The van der Waals surface area contributed by atoms with Crippen molar-refractivity contribution >= 4 is 29.3 Å². The Morgan fingerprint density at radius 3 is 2.41 bits per heavy atom. The standard InChI is InChI=1S/C27H32N2O5/c1-2-3-4-6-19-9-11-20(12-10-19)24(30)15-16-26(32)34-18-25(31)28-23-8-5-7-21(17-23)27(33)29-22-13-14-22/h5,7-12,17,22H,2-4,6,13-16,18H2,1H3,(H,28,31)(H,29,33). The normalized spacial score (nSPS) is 12.6. The van der Waals surface area contributed by atoms with Crippen LogP contribution in [0.25, 0.3) is 0 Å². The summed E-state index contributed by atoms with van der Waals surface area (Å²) in [4.78, 5) is 48.6. The molecule has 180 valence electrons. The minimum absolute atomic E-state index is 0.0216. The Bertz CT molecular complexity index is 1010. The van der Waals surface area contributed by atoms with Crippen molar-refractivity contribution in [2.75, 3.05) is 11.9 Å². The van der Waals surface area contributed by atoms with E-state index in [2.05, 4.69) is 17.6 Å². The molecule has 0 aliphatic heterocycles. The molecule has 7 nitrogen and oxygen atoms in total. The number of rotatable bonds is 13. The summed E-state index contributed by atoms with van der Waals surface area (Å²) in [7, 11) is 0. The average Bonchev–Trinajstić information content (AvgIpc) is 3.66. The van der Waals surface area contributed by atoms with Crippen LogP contribution in [0.1, 0.15) is 78.1 Å². The average molecular weight is 465 g/mol. The molecule has 0 aromatic heterocycles. The molecule has 1 fully saturated rings. The van der Waals surface area contributed by atoms with Gasteiger partial charge in [-0.15, -0.1) is 0 Å². The summed E-state index contributed by atoms with van der Waals surface area (Å²) in [5.74, 6) is -1.45. The minimum atomic E-state index is -0.614. The number of aryl methyl sites for hydroxylation is 1. The van der Waals surface area contributed by atoms with Gasteiger partial charge in [0.2, 0.25) is 0 Å². The lowest BCUT2D eigenvalue weighted by Gasteiger charge is -2.09. The number of ether oxygens (including phenoxy) is 1. The van der Waals surface area contributed by atoms with Crippen LogP contribution in [0.4, 0.5) is 5.69 Å². The van der Waals surface area contributed by atoms with E-state index in [1.807, 2.05) is 12.1 Å². The van der Waals surface area contributed by atoms with E-state index >= 15 is 0 Å². The lowest BCUT2D eigenvalue weighted by atomic mass is 10.0. The maximum absolute atomic E-state index is 12.3. The minimum Gasteiger partial charge on any atom is -0.456 e.